The topological polar surface area (TPSA) is 106 Å². The number of aliphatic imine (C=N–C) groups is 1. The van der Waals surface area contributed by atoms with Crippen LogP contribution in [0.2, 0.25) is 0 Å². The maximum atomic E-state index is 12.8. The Morgan fingerprint density at radius 1 is 1.18 bits per heavy atom. The minimum absolute atomic E-state index is 0.0877. The Hall–Kier alpha value is -2.76. The first-order valence-corrected chi connectivity index (χ1v) is 13.1. The van der Waals surface area contributed by atoms with Gasteiger partial charge in [0.1, 0.15) is 9.84 Å². The first-order valence-electron chi connectivity index (χ1n) is 11.3. The largest absolute Gasteiger partial charge is 0.361 e. The van der Waals surface area contributed by atoms with Gasteiger partial charge in [0.25, 0.3) is 11.7 Å². The summed E-state index contributed by atoms with van der Waals surface area (Å²) in [6, 6.07) is 5.78. The van der Waals surface area contributed by atoms with E-state index in [9.17, 15) is 13.2 Å². The minimum atomic E-state index is -3.03. The van der Waals surface area contributed by atoms with E-state index in [0.29, 0.717) is 30.7 Å². The number of nitrogens with one attached hydrogen (secondary N) is 1. The van der Waals surface area contributed by atoms with Crippen molar-refractivity contribution in [1.29, 1.82) is 0 Å². The molecule has 7 nitrogen and oxygen atoms in total. The van der Waals surface area contributed by atoms with Gasteiger partial charge in [-0.1, -0.05) is 38.6 Å². The van der Waals surface area contributed by atoms with Crippen LogP contribution in [0.15, 0.2) is 41.2 Å². The zero-order valence-electron chi connectivity index (χ0n) is 19.1. The predicted octanol–water partition coefficient (Wildman–Crippen LogP) is 4.19. The fourth-order valence-corrected chi connectivity index (χ4v) is 6.12. The van der Waals surface area contributed by atoms with Crippen molar-refractivity contribution < 1.29 is 13.2 Å². The molecule has 174 valence electrons. The van der Waals surface area contributed by atoms with Gasteiger partial charge in [-0.15, -0.1) is 4.99 Å². The van der Waals surface area contributed by atoms with Crippen LogP contribution >= 0.6 is 0 Å². The van der Waals surface area contributed by atoms with Crippen molar-refractivity contribution in [2.75, 3.05) is 16.8 Å². The minimum Gasteiger partial charge on any atom is -0.361 e. The highest BCUT2D eigenvalue weighted by Gasteiger charge is 2.36. The van der Waals surface area contributed by atoms with E-state index in [0.717, 1.165) is 36.0 Å². The average Bonchev–Trinajstić information content (AvgIpc) is 3.26. The Balaban J connectivity index is 1.67. The molecule has 4 rings (SSSR count). The van der Waals surface area contributed by atoms with Gasteiger partial charge in [0.2, 0.25) is 0 Å². The van der Waals surface area contributed by atoms with Gasteiger partial charge in [-0.05, 0) is 60.8 Å². The maximum Gasteiger partial charge on any atom is 0.293 e. The number of benzene rings is 1. The highest BCUT2D eigenvalue weighted by atomic mass is 32.2. The van der Waals surface area contributed by atoms with E-state index in [1.54, 1.807) is 6.08 Å². The molecule has 0 saturated carbocycles. The first-order chi connectivity index (χ1) is 15.5. The molecule has 0 radical (unpaired) electrons. The lowest BCUT2D eigenvalue weighted by atomic mass is 9.76. The number of carbonyl (C=O) groups is 1. The van der Waals surface area contributed by atoms with Gasteiger partial charge >= 0.3 is 0 Å². The lowest BCUT2D eigenvalue weighted by molar-refractivity contribution is -0.110. The van der Waals surface area contributed by atoms with Crippen molar-refractivity contribution in [2.45, 2.75) is 57.9 Å². The molecule has 0 aromatic heterocycles. The molecule has 1 aromatic rings. The Kier molecular flexibility index (Phi) is 6.06. The summed E-state index contributed by atoms with van der Waals surface area (Å²) in [5.74, 6) is 0.0987. The van der Waals surface area contributed by atoms with Crippen LogP contribution < -0.4 is 11.1 Å². The summed E-state index contributed by atoms with van der Waals surface area (Å²) in [6.07, 6.45) is 7.85. The van der Waals surface area contributed by atoms with E-state index < -0.39 is 15.4 Å². The molecule has 8 heteroatoms. The van der Waals surface area contributed by atoms with E-state index in [4.69, 9.17) is 12.3 Å². The summed E-state index contributed by atoms with van der Waals surface area (Å²) in [6.45, 7) is 11.6. The van der Waals surface area contributed by atoms with Gasteiger partial charge in [-0.3, -0.25) is 4.79 Å². The summed E-state index contributed by atoms with van der Waals surface area (Å²) in [5.41, 5.74) is 10.2. The molecule has 3 N–H and O–H groups in total. The van der Waals surface area contributed by atoms with Gasteiger partial charge in [0.15, 0.2) is 5.71 Å². The quantitative estimate of drug-likeness (QED) is 0.649. The fourth-order valence-electron chi connectivity index (χ4n) is 4.57. The van der Waals surface area contributed by atoms with E-state index >= 15 is 0 Å². The summed E-state index contributed by atoms with van der Waals surface area (Å²) in [4.78, 5) is 20.2. The number of amides is 1. The Morgan fingerprint density at radius 3 is 2.52 bits per heavy atom. The third-order valence-corrected chi connectivity index (χ3v) is 8.64. The highest BCUT2D eigenvalue weighted by Crippen LogP contribution is 2.42. The second-order valence-electron chi connectivity index (χ2n) is 10.1. The first kappa shape index (κ1) is 23.4. The van der Waals surface area contributed by atoms with Crippen LogP contribution in [0.25, 0.3) is 10.4 Å². The van der Waals surface area contributed by atoms with Crippen molar-refractivity contribution in [3.05, 3.63) is 58.7 Å². The monoisotopic (exact) mass is 466 g/mol. The molecule has 1 fully saturated rings. The smallest absolute Gasteiger partial charge is 0.293 e. The van der Waals surface area contributed by atoms with Gasteiger partial charge in [0.05, 0.1) is 11.5 Å². The normalized spacial score (nSPS) is 23.0. The number of hydrogen-bond acceptors (Lipinski definition) is 5. The highest BCUT2D eigenvalue weighted by molar-refractivity contribution is 7.91. The standard InChI is InChI=1S/C25H30N4O3S/c1-24(2)10-8-17(9-11-24)19-16-18(25(26)12-14-33(31,32)15-13-25)4-5-20(19)29-23(30)21-6-7-22(27-3)28-21/h4-5,7-8,16H,6,9-15,26H2,1-2H3,(H,29,30). The van der Waals surface area contributed by atoms with Crippen LogP contribution in [-0.2, 0) is 20.2 Å². The third kappa shape index (κ3) is 5.10. The van der Waals surface area contributed by atoms with Crippen molar-refractivity contribution in [2.24, 2.45) is 16.1 Å². The molecule has 0 unspecified atom stereocenters. The summed E-state index contributed by atoms with van der Waals surface area (Å²) in [7, 11) is -3.03. The number of carbonyl (C=O) groups excluding carboxylic acids is 1. The number of rotatable bonds is 4. The van der Waals surface area contributed by atoms with Gasteiger partial charge < -0.3 is 15.9 Å². The summed E-state index contributed by atoms with van der Waals surface area (Å²) < 4.78 is 23.9. The molecule has 1 aromatic carbocycles. The molecule has 3 aliphatic rings. The van der Waals surface area contributed by atoms with Crippen molar-refractivity contribution in [3.63, 3.8) is 0 Å². The van der Waals surface area contributed by atoms with Gasteiger partial charge in [0, 0.05) is 23.2 Å². The summed E-state index contributed by atoms with van der Waals surface area (Å²) >= 11 is 0. The molecular formula is C25H30N4O3S. The molecule has 2 aliphatic heterocycles. The van der Waals surface area contributed by atoms with Crippen molar-refractivity contribution >= 4 is 32.7 Å². The lowest BCUT2D eigenvalue weighted by Crippen LogP contribution is -2.44. The van der Waals surface area contributed by atoms with E-state index in [-0.39, 0.29) is 28.6 Å². The van der Waals surface area contributed by atoms with Gasteiger partial charge in [-0.2, -0.15) is 0 Å². The van der Waals surface area contributed by atoms with E-state index in [1.807, 2.05) is 18.2 Å². The molecular weight excluding hydrogens is 436 g/mol. The second kappa shape index (κ2) is 8.54. The van der Waals surface area contributed by atoms with Crippen LogP contribution in [-0.4, -0.2) is 31.5 Å². The maximum absolute atomic E-state index is 12.8. The predicted molar refractivity (Wildman–Crippen MR) is 131 cm³/mol. The van der Waals surface area contributed by atoms with Gasteiger partial charge in [-0.25, -0.2) is 8.42 Å². The van der Waals surface area contributed by atoms with Crippen LogP contribution in [0.5, 0.6) is 0 Å². The molecule has 2 heterocycles. The molecule has 1 amide bonds. The number of sulfone groups is 1. The zero-order valence-corrected chi connectivity index (χ0v) is 20.0. The number of allylic oxidation sites excluding steroid dienone is 3. The van der Waals surface area contributed by atoms with E-state index in [2.05, 4.69) is 35.1 Å². The Labute approximate surface area is 195 Å². The van der Waals surface area contributed by atoms with Crippen LogP contribution in [0.4, 0.5) is 5.69 Å². The molecule has 0 bridgehead atoms. The average molecular weight is 467 g/mol. The van der Waals surface area contributed by atoms with Crippen LogP contribution in [0.3, 0.4) is 0 Å². The molecule has 33 heavy (non-hydrogen) atoms. The van der Waals surface area contributed by atoms with E-state index in [1.165, 1.54) is 0 Å². The van der Waals surface area contributed by atoms with Crippen LogP contribution in [0, 0.1) is 12.0 Å². The SMILES string of the molecule is [C-]#[N+]C1=CCC(C(=O)Nc2ccc(C3(N)CCS(=O)(=O)CC3)cc2C2=CCC(C)(C)CC2)=N1. The summed E-state index contributed by atoms with van der Waals surface area (Å²) in [5, 5.41) is 2.99. The van der Waals surface area contributed by atoms with Crippen molar-refractivity contribution in [1.82, 2.24) is 0 Å². The molecule has 1 aliphatic carbocycles. The molecule has 0 spiro atoms. The number of nitrogens with zero attached hydrogens (tertiary/aromatic N) is 2. The zero-order chi connectivity index (χ0) is 23.9. The second-order valence-corrected chi connectivity index (χ2v) is 12.4. The molecule has 1 saturated heterocycles. The number of nitrogens with two attached hydrogens (primary N) is 1. The van der Waals surface area contributed by atoms with Crippen LogP contribution in [0.1, 0.15) is 63.5 Å². The third-order valence-electron chi connectivity index (χ3n) is 6.98. The fraction of sp³-hybridized carbons (Fsp3) is 0.480. The number of hydrogen-bond donors (Lipinski definition) is 2. The van der Waals surface area contributed by atoms with Crippen molar-refractivity contribution in [3.8, 4) is 0 Å². The lowest BCUT2D eigenvalue weighted by Gasteiger charge is -2.35. The molecule has 0 atom stereocenters. The Morgan fingerprint density at radius 2 is 1.91 bits per heavy atom. The Bertz CT molecular complexity index is 1220. The number of anilines is 1.